The van der Waals surface area contributed by atoms with E-state index in [1.54, 1.807) is 18.2 Å². The molecule has 3 heterocycles. The molecule has 0 N–H and O–H groups in total. The average molecular weight is 405 g/mol. The van der Waals surface area contributed by atoms with Crippen LogP contribution in [0.2, 0.25) is 0 Å². The van der Waals surface area contributed by atoms with Crippen molar-refractivity contribution in [3.63, 3.8) is 0 Å². The maximum Gasteiger partial charge on any atom is 0.387 e. The van der Waals surface area contributed by atoms with Gasteiger partial charge in [0.2, 0.25) is 11.7 Å². The number of piperazine rings is 1. The topological polar surface area (TPSA) is 80.7 Å². The van der Waals surface area contributed by atoms with Crippen LogP contribution in [0.3, 0.4) is 0 Å². The highest BCUT2D eigenvalue weighted by atomic mass is 19.3. The van der Waals surface area contributed by atoms with Gasteiger partial charge in [-0.25, -0.2) is 0 Å². The highest BCUT2D eigenvalue weighted by molar-refractivity contribution is 5.63. The SMILES string of the molecule is Cc1cc(CN2CCN(Cc3nc(-c4ccccc4OC(F)F)no3)CC2)no1. The summed E-state index contributed by atoms with van der Waals surface area (Å²) < 4.78 is 40.2. The number of rotatable bonds is 7. The van der Waals surface area contributed by atoms with Gasteiger partial charge in [-0.05, 0) is 19.1 Å². The maximum absolute atomic E-state index is 12.6. The zero-order chi connectivity index (χ0) is 20.2. The molecule has 10 heteroatoms. The molecule has 1 aromatic carbocycles. The van der Waals surface area contributed by atoms with Gasteiger partial charge in [0.05, 0.1) is 17.8 Å². The minimum atomic E-state index is -2.92. The lowest BCUT2D eigenvalue weighted by Crippen LogP contribution is -2.45. The van der Waals surface area contributed by atoms with Gasteiger partial charge in [0.15, 0.2) is 0 Å². The van der Waals surface area contributed by atoms with Gasteiger partial charge in [0.1, 0.15) is 11.5 Å². The first-order chi connectivity index (χ1) is 14.1. The molecule has 0 aliphatic carbocycles. The summed E-state index contributed by atoms with van der Waals surface area (Å²) in [5, 5.41) is 7.96. The molecule has 1 aliphatic heterocycles. The molecule has 1 aliphatic rings. The van der Waals surface area contributed by atoms with Crippen LogP contribution in [0, 0.1) is 6.92 Å². The molecule has 0 atom stereocenters. The third-order valence-corrected chi connectivity index (χ3v) is 4.70. The van der Waals surface area contributed by atoms with Crippen molar-refractivity contribution in [2.75, 3.05) is 26.2 Å². The normalized spacial score (nSPS) is 15.9. The Balaban J connectivity index is 1.33. The van der Waals surface area contributed by atoms with Gasteiger partial charge in [-0.2, -0.15) is 13.8 Å². The average Bonchev–Trinajstić information content (AvgIpc) is 3.32. The molecule has 0 bridgehead atoms. The fourth-order valence-electron chi connectivity index (χ4n) is 3.30. The summed E-state index contributed by atoms with van der Waals surface area (Å²) in [4.78, 5) is 8.87. The summed E-state index contributed by atoms with van der Waals surface area (Å²) in [6, 6.07) is 8.34. The number of aromatic nitrogens is 3. The van der Waals surface area contributed by atoms with Crippen LogP contribution in [0.15, 0.2) is 39.4 Å². The largest absolute Gasteiger partial charge is 0.434 e. The fraction of sp³-hybridized carbons (Fsp3) is 0.421. The van der Waals surface area contributed by atoms with Crippen molar-refractivity contribution in [3.05, 3.63) is 47.7 Å². The second-order valence-electron chi connectivity index (χ2n) is 6.87. The fourth-order valence-corrected chi connectivity index (χ4v) is 3.30. The number of alkyl halides is 2. The molecule has 29 heavy (non-hydrogen) atoms. The highest BCUT2D eigenvalue weighted by Gasteiger charge is 2.21. The molecule has 0 radical (unpaired) electrons. The highest BCUT2D eigenvalue weighted by Crippen LogP contribution is 2.29. The lowest BCUT2D eigenvalue weighted by atomic mass is 10.2. The summed E-state index contributed by atoms with van der Waals surface area (Å²) in [7, 11) is 0. The summed E-state index contributed by atoms with van der Waals surface area (Å²) in [6.07, 6.45) is 0. The van der Waals surface area contributed by atoms with Crippen molar-refractivity contribution >= 4 is 0 Å². The van der Waals surface area contributed by atoms with Crippen LogP contribution in [-0.4, -0.2) is 57.9 Å². The van der Waals surface area contributed by atoms with Gasteiger partial charge in [-0.3, -0.25) is 9.80 Å². The van der Waals surface area contributed by atoms with E-state index in [4.69, 9.17) is 9.05 Å². The number of halogens is 2. The molecule has 0 saturated carbocycles. The van der Waals surface area contributed by atoms with Crippen LogP contribution in [0.5, 0.6) is 5.75 Å². The summed E-state index contributed by atoms with van der Waals surface area (Å²) in [5.74, 6) is 1.50. The lowest BCUT2D eigenvalue weighted by molar-refractivity contribution is -0.0494. The molecule has 8 nitrogen and oxygen atoms in total. The van der Waals surface area contributed by atoms with Gasteiger partial charge in [0.25, 0.3) is 0 Å². The number of hydrogen-bond donors (Lipinski definition) is 0. The smallest absolute Gasteiger partial charge is 0.387 e. The Labute approximate surface area is 166 Å². The van der Waals surface area contributed by atoms with Crippen molar-refractivity contribution in [1.29, 1.82) is 0 Å². The number of benzene rings is 1. The summed E-state index contributed by atoms with van der Waals surface area (Å²) >= 11 is 0. The predicted octanol–water partition coefficient (Wildman–Crippen LogP) is 2.95. The van der Waals surface area contributed by atoms with E-state index in [1.165, 1.54) is 6.07 Å². The first-order valence-electron chi connectivity index (χ1n) is 9.30. The second-order valence-corrected chi connectivity index (χ2v) is 6.87. The third-order valence-electron chi connectivity index (χ3n) is 4.70. The van der Waals surface area contributed by atoms with E-state index in [9.17, 15) is 8.78 Å². The van der Waals surface area contributed by atoms with Crippen molar-refractivity contribution in [2.45, 2.75) is 26.6 Å². The number of para-hydroxylation sites is 1. The first-order valence-corrected chi connectivity index (χ1v) is 9.30. The molecule has 2 aromatic heterocycles. The molecule has 1 saturated heterocycles. The van der Waals surface area contributed by atoms with Crippen LogP contribution in [0.1, 0.15) is 17.3 Å². The van der Waals surface area contributed by atoms with Crippen molar-refractivity contribution in [2.24, 2.45) is 0 Å². The second kappa shape index (κ2) is 8.66. The quantitative estimate of drug-likeness (QED) is 0.594. The molecule has 0 unspecified atom stereocenters. The van der Waals surface area contributed by atoms with Crippen LogP contribution in [0.25, 0.3) is 11.4 Å². The van der Waals surface area contributed by atoms with Crippen LogP contribution >= 0.6 is 0 Å². The Morgan fingerprint density at radius 3 is 2.45 bits per heavy atom. The Morgan fingerprint density at radius 2 is 1.76 bits per heavy atom. The van der Waals surface area contributed by atoms with E-state index >= 15 is 0 Å². The first kappa shape index (κ1) is 19.5. The molecule has 0 amide bonds. The summed E-state index contributed by atoms with van der Waals surface area (Å²) in [5.41, 5.74) is 1.30. The van der Waals surface area contributed by atoms with Gasteiger partial charge < -0.3 is 13.8 Å². The van der Waals surface area contributed by atoms with Crippen molar-refractivity contribution < 1.29 is 22.6 Å². The molecule has 154 valence electrons. The number of hydrogen-bond acceptors (Lipinski definition) is 8. The Morgan fingerprint density at radius 1 is 1.03 bits per heavy atom. The van der Waals surface area contributed by atoms with Crippen LogP contribution < -0.4 is 4.74 Å². The van der Waals surface area contributed by atoms with E-state index in [-0.39, 0.29) is 11.6 Å². The van der Waals surface area contributed by atoms with E-state index < -0.39 is 6.61 Å². The van der Waals surface area contributed by atoms with Gasteiger partial charge >= 0.3 is 6.61 Å². The molecule has 1 fully saturated rings. The molecule has 0 spiro atoms. The van der Waals surface area contributed by atoms with E-state index in [0.717, 1.165) is 44.2 Å². The van der Waals surface area contributed by atoms with E-state index in [2.05, 4.69) is 29.8 Å². The Kier molecular flexibility index (Phi) is 5.81. The monoisotopic (exact) mass is 405 g/mol. The van der Waals surface area contributed by atoms with Crippen molar-refractivity contribution in [1.82, 2.24) is 25.1 Å². The molecule has 4 rings (SSSR count). The van der Waals surface area contributed by atoms with Gasteiger partial charge in [-0.1, -0.05) is 22.4 Å². The van der Waals surface area contributed by atoms with Crippen LogP contribution in [0.4, 0.5) is 8.78 Å². The van der Waals surface area contributed by atoms with Gasteiger partial charge in [-0.15, -0.1) is 0 Å². The molecule has 3 aromatic rings. The summed E-state index contributed by atoms with van der Waals surface area (Å²) in [6.45, 7) is 3.69. The predicted molar refractivity (Wildman–Crippen MR) is 98.2 cm³/mol. The minimum absolute atomic E-state index is 0.0200. The zero-order valence-electron chi connectivity index (χ0n) is 15.9. The minimum Gasteiger partial charge on any atom is -0.434 e. The number of ether oxygens (including phenoxy) is 1. The van der Waals surface area contributed by atoms with E-state index in [1.807, 2.05) is 13.0 Å². The third kappa shape index (κ3) is 4.96. The standard InChI is InChI=1S/C19H21F2N5O3/c1-13-10-14(23-28-13)11-25-6-8-26(9-7-25)12-17-22-18(24-29-17)15-4-2-3-5-16(15)27-19(20)21/h2-5,10,19H,6-9,11-12H2,1H3. The maximum atomic E-state index is 12.6. The van der Waals surface area contributed by atoms with Crippen molar-refractivity contribution in [3.8, 4) is 17.1 Å². The Bertz CT molecular complexity index is 937. The number of nitrogens with zero attached hydrogens (tertiary/aromatic N) is 5. The van der Waals surface area contributed by atoms with Gasteiger partial charge in [0, 0.05) is 38.8 Å². The lowest BCUT2D eigenvalue weighted by Gasteiger charge is -2.33. The number of aryl methyl sites for hydroxylation is 1. The van der Waals surface area contributed by atoms with Crippen LogP contribution in [-0.2, 0) is 13.1 Å². The Hall–Kier alpha value is -2.85. The molecular formula is C19H21F2N5O3. The molecular weight excluding hydrogens is 384 g/mol. The van der Waals surface area contributed by atoms with E-state index in [0.29, 0.717) is 18.0 Å². The zero-order valence-corrected chi connectivity index (χ0v) is 15.9.